The lowest BCUT2D eigenvalue weighted by molar-refractivity contribution is 0.252. The summed E-state index contributed by atoms with van der Waals surface area (Å²) in [5, 5.41) is 3.56. The fraction of sp³-hybridized carbons (Fsp3) is 0.706. The number of aromatic nitrogens is 1. The monoisotopic (exact) mass is 291 g/mol. The van der Waals surface area contributed by atoms with E-state index in [4.69, 9.17) is 4.74 Å². The summed E-state index contributed by atoms with van der Waals surface area (Å²) < 4.78 is 5.84. The zero-order chi connectivity index (χ0) is 15.5. The number of likely N-dealkylation sites (N-methyl/N-ethyl adjacent to an activating group) is 1. The summed E-state index contributed by atoms with van der Waals surface area (Å²) in [5.41, 5.74) is 2.40. The summed E-state index contributed by atoms with van der Waals surface area (Å²) in [6.07, 6.45) is 2.62. The van der Waals surface area contributed by atoms with Crippen LogP contribution in [0, 0.1) is 0 Å². The van der Waals surface area contributed by atoms with Crippen LogP contribution in [0.25, 0.3) is 0 Å². The molecule has 0 bridgehead atoms. The van der Waals surface area contributed by atoms with Crippen LogP contribution in [-0.4, -0.2) is 43.2 Å². The lowest BCUT2D eigenvalue weighted by Crippen LogP contribution is -2.21. The van der Waals surface area contributed by atoms with Crippen LogP contribution in [-0.2, 0) is 12.0 Å². The van der Waals surface area contributed by atoms with Gasteiger partial charge < -0.3 is 15.0 Å². The van der Waals surface area contributed by atoms with Crippen molar-refractivity contribution in [1.82, 2.24) is 15.2 Å². The molecule has 0 radical (unpaired) electrons. The maximum Gasteiger partial charge on any atom is 0.213 e. The van der Waals surface area contributed by atoms with Gasteiger partial charge in [-0.3, -0.25) is 0 Å². The highest BCUT2D eigenvalue weighted by Crippen LogP contribution is 2.25. The number of nitrogens with zero attached hydrogens (tertiary/aromatic N) is 2. The molecule has 0 aromatic carbocycles. The third-order valence-corrected chi connectivity index (χ3v) is 3.59. The molecule has 21 heavy (non-hydrogen) atoms. The normalized spacial score (nSPS) is 15.5. The molecule has 118 valence electrons. The smallest absolute Gasteiger partial charge is 0.213 e. The second-order valence-electron chi connectivity index (χ2n) is 7.26. The van der Waals surface area contributed by atoms with Gasteiger partial charge in [-0.25, -0.2) is 4.98 Å². The van der Waals surface area contributed by atoms with Crippen LogP contribution in [0.15, 0.2) is 12.1 Å². The molecule has 0 saturated heterocycles. The molecule has 1 aromatic rings. The molecule has 1 aromatic heterocycles. The SMILES string of the molecule is CN(C)CCOc1cc(CNC2CC2)cc(C(C)(C)C)n1. The van der Waals surface area contributed by atoms with Crippen molar-refractivity contribution < 1.29 is 4.74 Å². The topological polar surface area (TPSA) is 37.4 Å². The van der Waals surface area contributed by atoms with E-state index in [1.165, 1.54) is 18.4 Å². The molecule has 4 heteroatoms. The molecule has 0 amide bonds. The molecule has 0 unspecified atom stereocenters. The van der Waals surface area contributed by atoms with Gasteiger partial charge in [-0.05, 0) is 38.6 Å². The summed E-state index contributed by atoms with van der Waals surface area (Å²) in [6.45, 7) is 9.05. The lowest BCUT2D eigenvalue weighted by atomic mass is 9.91. The van der Waals surface area contributed by atoms with Crippen LogP contribution in [0.1, 0.15) is 44.9 Å². The molecule has 1 saturated carbocycles. The third kappa shape index (κ3) is 5.64. The Morgan fingerprint density at radius 1 is 1.29 bits per heavy atom. The van der Waals surface area contributed by atoms with Crippen molar-refractivity contribution in [3.8, 4) is 5.88 Å². The van der Waals surface area contributed by atoms with Crippen molar-refractivity contribution in [2.45, 2.75) is 51.6 Å². The number of pyridine rings is 1. The quantitative estimate of drug-likeness (QED) is 0.838. The highest BCUT2D eigenvalue weighted by atomic mass is 16.5. The summed E-state index contributed by atoms with van der Waals surface area (Å²) in [7, 11) is 4.10. The first-order valence-electron chi connectivity index (χ1n) is 7.87. The fourth-order valence-corrected chi connectivity index (χ4v) is 2.00. The average Bonchev–Trinajstić information content (AvgIpc) is 3.18. The first-order valence-corrected chi connectivity index (χ1v) is 7.87. The number of rotatable bonds is 7. The highest BCUT2D eigenvalue weighted by Gasteiger charge is 2.21. The van der Waals surface area contributed by atoms with E-state index >= 15 is 0 Å². The van der Waals surface area contributed by atoms with Crippen LogP contribution in [0.2, 0.25) is 0 Å². The highest BCUT2D eigenvalue weighted by molar-refractivity contribution is 5.28. The van der Waals surface area contributed by atoms with Crippen molar-refractivity contribution in [2.75, 3.05) is 27.2 Å². The molecule has 0 aliphatic heterocycles. The maximum atomic E-state index is 5.84. The largest absolute Gasteiger partial charge is 0.476 e. The van der Waals surface area contributed by atoms with Gasteiger partial charge in [0.1, 0.15) is 6.61 Å². The first-order chi connectivity index (χ1) is 9.84. The Morgan fingerprint density at radius 3 is 2.57 bits per heavy atom. The third-order valence-electron chi connectivity index (χ3n) is 3.59. The molecule has 0 atom stereocenters. The van der Waals surface area contributed by atoms with E-state index in [1.807, 2.05) is 14.1 Å². The molecule has 1 aliphatic rings. The van der Waals surface area contributed by atoms with Gasteiger partial charge >= 0.3 is 0 Å². The number of ether oxygens (including phenoxy) is 1. The zero-order valence-corrected chi connectivity index (χ0v) is 14.1. The van der Waals surface area contributed by atoms with Gasteiger partial charge in [0, 0.05) is 30.6 Å². The van der Waals surface area contributed by atoms with Gasteiger partial charge in [0.2, 0.25) is 5.88 Å². The Labute approximate surface area is 128 Å². The van der Waals surface area contributed by atoms with Gasteiger partial charge in [0.05, 0.1) is 5.69 Å². The lowest BCUT2D eigenvalue weighted by Gasteiger charge is -2.20. The minimum atomic E-state index is 0.0370. The first kappa shape index (κ1) is 16.2. The molecule has 1 aliphatic carbocycles. The van der Waals surface area contributed by atoms with E-state index < -0.39 is 0 Å². The molecule has 1 N–H and O–H groups in total. The molecule has 1 fully saturated rings. The minimum Gasteiger partial charge on any atom is -0.476 e. The maximum absolute atomic E-state index is 5.84. The van der Waals surface area contributed by atoms with Crippen LogP contribution >= 0.6 is 0 Å². The van der Waals surface area contributed by atoms with Gasteiger partial charge in [0.25, 0.3) is 0 Å². The van der Waals surface area contributed by atoms with Crippen LogP contribution in [0.5, 0.6) is 5.88 Å². The van der Waals surface area contributed by atoms with E-state index in [2.05, 4.69) is 48.1 Å². The molecule has 2 rings (SSSR count). The Bertz CT molecular complexity index is 462. The van der Waals surface area contributed by atoms with Crippen molar-refractivity contribution in [3.05, 3.63) is 23.4 Å². The Balaban J connectivity index is 2.07. The van der Waals surface area contributed by atoms with Gasteiger partial charge in [-0.15, -0.1) is 0 Å². The van der Waals surface area contributed by atoms with Crippen LogP contribution < -0.4 is 10.1 Å². The van der Waals surface area contributed by atoms with E-state index in [1.54, 1.807) is 0 Å². The summed E-state index contributed by atoms with van der Waals surface area (Å²) in [6, 6.07) is 4.99. The molecule has 1 heterocycles. The zero-order valence-electron chi connectivity index (χ0n) is 14.1. The molecule has 4 nitrogen and oxygen atoms in total. The van der Waals surface area contributed by atoms with Crippen LogP contribution in [0.4, 0.5) is 0 Å². The number of nitrogens with one attached hydrogen (secondary N) is 1. The van der Waals surface area contributed by atoms with Crippen LogP contribution in [0.3, 0.4) is 0 Å². The molecular weight excluding hydrogens is 262 g/mol. The van der Waals surface area contributed by atoms with Crippen molar-refractivity contribution in [2.24, 2.45) is 0 Å². The van der Waals surface area contributed by atoms with Crippen molar-refractivity contribution >= 4 is 0 Å². The Morgan fingerprint density at radius 2 is 2.00 bits per heavy atom. The van der Waals surface area contributed by atoms with E-state index in [0.29, 0.717) is 6.61 Å². The van der Waals surface area contributed by atoms with Crippen molar-refractivity contribution in [1.29, 1.82) is 0 Å². The standard InChI is InChI=1S/C17H29N3O/c1-17(2,3)15-10-13(12-18-14-6-7-14)11-16(19-15)21-9-8-20(4)5/h10-11,14,18H,6-9,12H2,1-5H3. The Hall–Kier alpha value is -1.13. The number of hydrogen-bond acceptors (Lipinski definition) is 4. The predicted octanol–water partition coefficient (Wildman–Crippen LogP) is 2.57. The van der Waals surface area contributed by atoms with E-state index in [0.717, 1.165) is 30.7 Å². The molecule has 0 spiro atoms. The summed E-state index contributed by atoms with van der Waals surface area (Å²) in [5.74, 6) is 0.747. The predicted molar refractivity (Wildman–Crippen MR) is 86.8 cm³/mol. The van der Waals surface area contributed by atoms with Gasteiger partial charge in [-0.1, -0.05) is 20.8 Å². The van der Waals surface area contributed by atoms with Gasteiger partial charge in [0.15, 0.2) is 0 Å². The minimum absolute atomic E-state index is 0.0370. The molecular formula is C17H29N3O. The second-order valence-corrected chi connectivity index (χ2v) is 7.26. The fourth-order valence-electron chi connectivity index (χ4n) is 2.00. The summed E-state index contributed by atoms with van der Waals surface area (Å²) in [4.78, 5) is 6.79. The Kier molecular flexibility index (Phi) is 5.22. The summed E-state index contributed by atoms with van der Waals surface area (Å²) >= 11 is 0. The van der Waals surface area contributed by atoms with E-state index in [-0.39, 0.29) is 5.41 Å². The van der Waals surface area contributed by atoms with Crippen molar-refractivity contribution in [3.63, 3.8) is 0 Å². The second kappa shape index (κ2) is 6.75. The van der Waals surface area contributed by atoms with E-state index in [9.17, 15) is 0 Å². The average molecular weight is 291 g/mol. The number of hydrogen-bond donors (Lipinski definition) is 1. The van der Waals surface area contributed by atoms with Gasteiger partial charge in [-0.2, -0.15) is 0 Å².